The van der Waals surface area contributed by atoms with Gasteiger partial charge in [0.2, 0.25) is 0 Å². The lowest BCUT2D eigenvalue weighted by Crippen LogP contribution is -2.39. The van der Waals surface area contributed by atoms with Gasteiger partial charge in [-0.3, -0.25) is 10.1 Å². The quantitative estimate of drug-likeness (QED) is 0.635. The highest BCUT2D eigenvalue weighted by atomic mass is 35.5. The predicted molar refractivity (Wildman–Crippen MR) is 76.4 cm³/mol. The molecule has 0 aliphatic heterocycles. The van der Waals surface area contributed by atoms with Crippen molar-refractivity contribution >= 4 is 17.3 Å². The summed E-state index contributed by atoms with van der Waals surface area (Å²) in [7, 11) is 0. The van der Waals surface area contributed by atoms with Crippen molar-refractivity contribution in [1.82, 2.24) is 5.32 Å². The van der Waals surface area contributed by atoms with E-state index in [0.29, 0.717) is 22.5 Å². The molecule has 5 heteroatoms. The number of nitrogens with zero attached hydrogens (tertiary/aromatic N) is 1. The van der Waals surface area contributed by atoms with Crippen LogP contribution in [0.5, 0.6) is 0 Å². The highest BCUT2D eigenvalue weighted by molar-refractivity contribution is 6.30. The predicted octanol–water partition coefficient (Wildman–Crippen LogP) is 3.92. The molecule has 1 aromatic carbocycles. The second-order valence-corrected chi connectivity index (χ2v) is 5.78. The van der Waals surface area contributed by atoms with Gasteiger partial charge >= 0.3 is 0 Å². The van der Waals surface area contributed by atoms with Crippen LogP contribution in [0.2, 0.25) is 5.02 Å². The summed E-state index contributed by atoms with van der Waals surface area (Å²) in [5.41, 5.74) is 1.21. The Morgan fingerprint density at radius 1 is 1.47 bits per heavy atom. The van der Waals surface area contributed by atoms with Gasteiger partial charge in [-0.25, -0.2) is 0 Å². The molecule has 0 amide bonds. The van der Waals surface area contributed by atoms with E-state index < -0.39 is 0 Å². The van der Waals surface area contributed by atoms with Gasteiger partial charge < -0.3 is 5.32 Å². The van der Waals surface area contributed by atoms with Gasteiger partial charge in [0, 0.05) is 29.7 Å². The highest BCUT2D eigenvalue weighted by Crippen LogP contribution is 2.43. The van der Waals surface area contributed by atoms with E-state index in [4.69, 9.17) is 11.6 Å². The van der Waals surface area contributed by atoms with E-state index in [1.165, 1.54) is 31.7 Å². The molecule has 0 saturated heterocycles. The Kier molecular flexibility index (Phi) is 4.42. The molecule has 1 aliphatic carbocycles. The Labute approximate surface area is 118 Å². The van der Waals surface area contributed by atoms with E-state index in [-0.39, 0.29) is 10.6 Å². The largest absolute Gasteiger partial charge is 0.312 e. The van der Waals surface area contributed by atoms with Crippen LogP contribution in [-0.2, 0) is 6.54 Å². The van der Waals surface area contributed by atoms with Crippen molar-refractivity contribution in [3.05, 3.63) is 38.9 Å². The van der Waals surface area contributed by atoms with E-state index in [1.807, 2.05) is 0 Å². The monoisotopic (exact) mass is 282 g/mol. The molecule has 0 bridgehead atoms. The summed E-state index contributed by atoms with van der Waals surface area (Å²) in [4.78, 5) is 10.6. The van der Waals surface area contributed by atoms with Gasteiger partial charge in [-0.2, -0.15) is 0 Å². The number of rotatable bonds is 6. The second-order valence-electron chi connectivity index (χ2n) is 5.34. The first-order valence-electron chi connectivity index (χ1n) is 6.70. The normalized spacial score (nSPS) is 16.9. The molecule has 1 aromatic rings. The van der Waals surface area contributed by atoms with Gasteiger partial charge in [0.1, 0.15) is 0 Å². The third-order valence-electron chi connectivity index (χ3n) is 4.22. The Bertz CT molecular complexity index is 467. The maximum Gasteiger partial charge on any atom is 0.275 e. The van der Waals surface area contributed by atoms with Crippen molar-refractivity contribution in [3.8, 4) is 0 Å². The number of hydrogen-bond donors (Lipinski definition) is 1. The fraction of sp³-hybridized carbons (Fsp3) is 0.571. The average Bonchev–Trinajstić information content (AvgIpc) is 2.34. The van der Waals surface area contributed by atoms with Gasteiger partial charge in [0.25, 0.3) is 5.69 Å². The topological polar surface area (TPSA) is 55.2 Å². The fourth-order valence-electron chi connectivity index (χ4n) is 2.65. The van der Waals surface area contributed by atoms with E-state index in [1.54, 1.807) is 12.1 Å². The third-order valence-corrected chi connectivity index (χ3v) is 4.46. The van der Waals surface area contributed by atoms with Gasteiger partial charge in [0.15, 0.2) is 0 Å². The summed E-state index contributed by atoms with van der Waals surface area (Å²) in [5.74, 6) is 0. The van der Waals surface area contributed by atoms with Crippen LogP contribution in [0.25, 0.3) is 0 Å². The first-order chi connectivity index (χ1) is 9.06. The summed E-state index contributed by atoms with van der Waals surface area (Å²) in [6.45, 7) is 3.67. The summed E-state index contributed by atoms with van der Waals surface area (Å²) < 4.78 is 0. The molecule has 0 unspecified atom stereocenters. The van der Waals surface area contributed by atoms with Crippen molar-refractivity contribution in [2.24, 2.45) is 5.41 Å². The van der Waals surface area contributed by atoms with Gasteiger partial charge in [-0.15, -0.1) is 0 Å². The van der Waals surface area contributed by atoms with Crippen LogP contribution >= 0.6 is 11.6 Å². The van der Waals surface area contributed by atoms with Crippen LogP contribution in [0, 0.1) is 15.5 Å². The molecule has 1 saturated carbocycles. The average molecular weight is 283 g/mol. The van der Waals surface area contributed by atoms with Crippen molar-refractivity contribution < 1.29 is 4.92 Å². The molecule has 0 radical (unpaired) electrons. The lowest BCUT2D eigenvalue weighted by Gasteiger charge is -2.41. The number of halogens is 1. The van der Waals surface area contributed by atoms with Crippen molar-refractivity contribution in [2.75, 3.05) is 6.54 Å². The van der Waals surface area contributed by atoms with Crippen LogP contribution in [0.15, 0.2) is 18.2 Å². The van der Waals surface area contributed by atoms with Crippen molar-refractivity contribution in [2.45, 2.75) is 39.2 Å². The summed E-state index contributed by atoms with van der Waals surface area (Å²) in [6.07, 6.45) is 5.00. The fourth-order valence-corrected chi connectivity index (χ4v) is 2.82. The zero-order chi connectivity index (χ0) is 13.9. The van der Waals surface area contributed by atoms with Gasteiger partial charge in [0.05, 0.1) is 4.92 Å². The molecule has 0 atom stereocenters. The number of benzene rings is 1. The van der Waals surface area contributed by atoms with E-state index in [2.05, 4.69) is 12.2 Å². The Morgan fingerprint density at radius 3 is 2.74 bits per heavy atom. The third kappa shape index (κ3) is 3.25. The van der Waals surface area contributed by atoms with E-state index >= 15 is 0 Å². The molecular formula is C14H19ClN2O2. The van der Waals surface area contributed by atoms with Crippen molar-refractivity contribution in [1.29, 1.82) is 0 Å². The minimum absolute atomic E-state index is 0.0964. The molecular weight excluding hydrogens is 264 g/mol. The molecule has 0 aromatic heterocycles. The molecule has 1 fully saturated rings. The van der Waals surface area contributed by atoms with Crippen LogP contribution in [-0.4, -0.2) is 11.5 Å². The van der Waals surface area contributed by atoms with E-state index in [0.717, 1.165) is 6.54 Å². The summed E-state index contributed by atoms with van der Waals surface area (Å²) >= 11 is 5.80. The number of nitro benzene ring substituents is 1. The van der Waals surface area contributed by atoms with Crippen LogP contribution < -0.4 is 5.32 Å². The number of nitro groups is 1. The van der Waals surface area contributed by atoms with Crippen LogP contribution in [0.1, 0.15) is 38.2 Å². The highest BCUT2D eigenvalue weighted by Gasteiger charge is 2.34. The Morgan fingerprint density at radius 2 is 2.21 bits per heavy atom. The number of nitrogens with one attached hydrogen (secondary N) is 1. The second kappa shape index (κ2) is 5.88. The van der Waals surface area contributed by atoms with E-state index in [9.17, 15) is 10.1 Å². The van der Waals surface area contributed by atoms with Crippen LogP contribution in [0.3, 0.4) is 0 Å². The standard InChI is InChI=1S/C14H19ClN2O2/c1-2-14(6-3-7-14)10-16-9-11-4-5-12(15)8-13(11)17(18)19/h4-5,8,16H,2-3,6-7,9-10H2,1H3. The molecule has 19 heavy (non-hydrogen) atoms. The zero-order valence-electron chi connectivity index (χ0n) is 11.1. The molecule has 2 rings (SSSR count). The summed E-state index contributed by atoms with van der Waals surface area (Å²) in [6, 6.07) is 4.84. The minimum atomic E-state index is -0.373. The maximum absolute atomic E-state index is 11.0. The maximum atomic E-state index is 11.0. The zero-order valence-corrected chi connectivity index (χ0v) is 11.9. The Hall–Kier alpha value is -1.13. The summed E-state index contributed by atoms with van der Waals surface area (Å²) in [5, 5.41) is 14.7. The molecule has 4 nitrogen and oxygen atoms in total. The van der Waals surface area contributed by atoms with Gasteiger partial charge in [-0.1, -0.05) is 24.9 Å². The first-order valence-corrected chi connectivity index (χ1v) is 7.08. The first kappa shape index (κ1) is 14.3. The van der Waals surface area contributed by atoms with Crippen LogP contribution in [0.4, 0.5) is 5.69 Å². The molecule has 0 spiro atoms. The minimum Gasteiger partial charge on any atom is -0.312 e. The SMILES string of the molecule is CCC1(CNCc2ccc(Cl)cc2[N+](=O)[O-])CCC1. The number of hydrogen-bond acceptors (Lipinski definition) is 3. The Balaban J connectivity index is 1.97. The lowest BCUT2D eigenvalue weighted by atomic mass is 9.67. The molecule has 1 N–H and O–H groups in total. The molecule has 0 heterocycles. The smallest absolute Gasteiger partial charge is 0.275 e. The molecule has 1 aliphatic rings. The van der Waals surface area contributed by atoms with Crippen molar-refractivity contribution in [3.63, 3.8) is 0 Å². The molecule has 104 valence electrons. The lowest BCUT2D eigenvalue weighted by molar-refractivity contribution is -0.385. The van der Waals surface area contributed by atoms with Gasteiger partial charge in [-0.05, 0) is 36.8 Å².